The van der Waals surface area contributed by atoms with Crippen molar-refractivity contribution in [3.63, 3.8) is 0 Å². The Morgan fingerprint density at radius 2 is 1.74 bits per heavy atom. The maximum atomic E-state index is 12.7. The van der Waals surface area contributed by atoms with Gasteiger partial charge in [-0.05, 0) is 30.5 Å². The minimum Gasteiger partial charge on any atom is -0.452 e. The molecule has 138 valence electrons. The highest BCUT2D eigenvalue weighted by molar-refractivity contribution is 6.05. The number of hydrogen-bond acceptors (Lipinski definition) is 4. The fourth-order valence-corrected chi connectivity index (χ4v) is 3.02. The van der Waals surface area contributed by atoms with Gasteiger partial charge in [-0.2, -0.15) is 0 Å². The Morgan fingerprint density at radius 3 is 2.48 bits per heavy atom. The van der Waals surface area contributed by atoms with Gasteiger partial charge >= 0.3 is 5.97 Å². The molecule has 0 fully saturated rings. The van der Waals surface area contributed by atoms with Crippen molar-refractivity contribution in [2.24, 2.45) is 0 Å². The minimum atomic E-state index is -0.504. The molecule has 27 heavy (non-hydrogen) atoms. The molecule has 3 rings (SSSR count). The van der Waals surface area contributed by atoms with Gasteiger partial charge in [-0.3, -0.25) is 9.78 Å². The molecule has 0 atom stereocenters. The van der Waals surface area contributed by atoms with E-state index in [-0.39, 0.29) is 12.5 Å². The zero-order valence-corrected chi connectivity index (χ0v) is 15.5. The largest absolute Gasteiger partial charge is 0.452 e. The maximum Gasteiger partial charge on any atom is 0.339 e. The molecule has 2 aromatic carbocycles. The molecule has 0 radical (unpaired) electrons. The highest BCUT2D eigenvalue weighted by atomic mass is 16.5. The van der Waals surface area contributed by atoms with E-state index < -0.39 is 5.97 Å². The average Bonchev–Trinajstić information content (AvgIpc) is 2.70. The summed E-state index contributed by atoms with van der Waals surface area (Å²) in [4.78, 5) is 29.3. The molecule has 0 saturated heterocycles. The number of rotatable bonds is 6. The first-order valence-electron chi connectivity index (χ1n) is 8.96. The molecule has 0 aliphatic carbocycles. The number of fused-ring (bicyclic) bond motifs is 1. The Hall–Kier alpha value is -3.21. The van der Waals surface area contributed by atoms with Crippen LogP contribution < -0.4 is 5.32 Å². The molecule has 5 heteroatoms. The molecule has 3 aromatic rings. The lowest BCUT2D eigenvalue weighted by molar-refractivity contribution is -0.124. The molecular formula is C22H22N2O3. The molecular weight excluding hydrogens is 340 g/mol. The lowest BCUT2D eigenvalue weighted by Gasteiger charge is -2.13. The van der Waals surface area contributed by atoms with E-state index in [0.717, 1.165) is 27.7 Å². The van der Waals surface area contributed by atoms with E-state index in [1.54, 1.807) is 0 Å². The number of hydrogen-bond donors (Lipinski definition) is 1. The number of amides is 1. The van der Waals surface area contributed by atoms with E-state index in [0.29, 0.717) is 18.5 Å². The maximum absolute atomic E-state index is 12.7. The molecule has 0 aliphatic rings. The Balaban J connectivity index is 1.71. The summed E-state index contributed by atoms with van der Waals surface area (Å²) in [6.45, 7) is 3.94. The van der Waals surface area contributed by atoms with Crippen molar-refractivity contribution in [3.8, 4) is 0 Å². The molecule has 1 aromatic heterocycles. The van der Waals surface area contributed by atoms with E-state index in [9.17, 15) is 9.59 Å². The highest BCUT2D eigenvalue weighted by Crippen LogP contribution is 2.24. The second-order valence-electron chi connectivity index (χ2n) is 6.27. The quantitative estimate of drug-likeness (QED) is 0.681. The fraction of sp³-hybridized carbons (Fsp3) is 0.227. The smallest absolute Gasteiger partial charge is 0.339 e. The van der Waals surface area contributed by atoms with Crippen LogP contribution in [0, 0.1) is 6.92 Å². The monoisotopic (exact) mass is 362 g/mol. The van der Waals surface area contributed by atoms with E-state index in [2.05, 4.69) is 10.3 Å². The number of pyridine rings is 1. The number of nitrogens with one attached hydrogen (secondary N) is 1. The van der Waals surface area contributed by atoms with E-state index in [1.807, 2.05) is 68.4 Å². The molecule has 1 heterocycles. The molecule has 0 unspecified atom stereocenters. The normalized spacial score (nSPS) is 10.6. The van der Waals surface area contributed by atoms with E-state index in [4.69, 9.17) is 4.74 Å². The van der Waals surface area contributed by atoms with E-state index in [1.165, 1.54) is 0 Å². The van der Waals surface area contributed by atoms with Crippen LogP contribution in [0.15, 0.2) is 54.6 Å². The van der Waals surface area contributed by atoms with Gasteiger partial charge in [0.25, 0.3) is 5.91 Å². The van der Waals surface area contributed by atoms with Gasteiger partial charge in [0.1, 0.15) is 0 Å². The summed E-state index contributed by atoms with van der Waals surface area (Å²) < 4.78 is 5.29. The van der Waals surface area contributed by atoms with Gasteiger partial charge in [-0.1, -0.05) is 55.5 Å². The van der Waals surface area contributed by atoms with Crippen molar-refractivity contribution >= 4 is 22.8 Å². The Morgan fingerprint density at radius 1 is 1.04 bits per heavy atom. The van der Waals surface area contributed by atoms with Crippen molar-refractivity contribution in [1.82, 2.24) is 10.3 Å². The first-order chi connectivity index (χ1) is 13.1. The number of ether oxygens (including phenoxy) is 1. The number of aryl methyl sites for hydroxylation is 1. The van der Waals surface area contributed by atoms with Crippen LogP contribution in [-0.2, 0) is 22.5 Å². The van der Waals surface area contributed by atoms with Gasteiger partial charge < -0.3 is 10.1 Å². The van der Waals surface area contributed by atoms with Crippen LogP contribution >= 0.6 is 0 Å². The van der Waals surface area contributed by atoms with Crippen molar-refractivity contribution in [3.05, 3.63) is 77.0 Å². The standard InChI is InChI=1S/C22H22N2O3/c1-3-18-15(2)21(17-11-7-8-12-19(17)24-18)22(26)27-14-20(25)23-13-16-9-5-4-6-10-16/h4-12H,3,13-14H2,1-2H3,(H,23,25). The predicted molar refractivity (Wildman–Crippen MR) is 104 cm³/mol. The third kappa shape index (κ3) is 4.31. The molecule has 1 amide bonds. The van der Waals surface area contributed by atoms with Gasteiger partial charge in [-0.25, -0.2) is 4.79 Å². The summed E-state index contributed by atoms with van der Waals surface area (Å²) in [5.41, 5.74) is 3.87. The number of nitrogens with zero attached hydrogens (tertiary/aromatic N) is 1. The predicted octanol–water partition coefficient (Wildman–Crippen LogP) is 3.58. The van der Waals surface area contributed by atoms with Crippen LogP contribution in [0.1, 0.15) is 34.1 Å². The Bertz CT molecular complexity index is 968. The summed E-state index contributed by atoms with van der Waals surface area (Å²) in [6, 6.07) is 17.0. The van der Waals surface area contributed by atoms with Crippen LogP contribution in [-0.4, -0.2) is 23.5 Å². The molecule has 0 spiro atoms. The van der Waals surface area contributed by atoms with Crippen LogP contribution in [0.5, 0.6) is 0 Å². The van der Waals surface area contributed by atoms with Gasteiger partial charge in [0.05, 0.1) is 11.1 Å². The van der Waals surface area contributed by atoms with Crippen molar-refractivity contribution in [2.45, 2.75) is 26.8 Å². The molecule has 0 bridgehead atoms. The third-order valence-corrected chi connectivity index (χ3v) is 4.44. The second kappa shape index (κ2) is 8.45. The molecule has 0 aliphatic heterocycles. The minimum absolute atomic E-state index is 0.316. The first-order valence-corrected chi connectivity index (χ1v) is 8.96. The van der Waals surface area contributed by atoms with Crippen LogP contribution in [0.25, 0.3) is 10.9 Å². The SMILES string of the molecule is CCc1nc2ccccc2c(C(=O)OCC(=O)NCc2ccccc2)c1C. The van der Waals surface area contributed by atoms with Crippen LogP contribution in [0.4, 0.5) is 0 Å². The van der Waals surface area contributed by atoms with Crippen LogP contribution in [0.2, 0.25) is 0 Å². The number of aromatic nitrogens is 1. The zero-order chi connectivity index (χ0) is 19.2. The van der Waals surface area contributed by atoms with Gasteiger partial charge in [0.15, 0.2) is 6.61 Å². The fourth-order valence-electron chi connectivity index (χ4n) is 3.02. The summed E-state index contributed by atoms with van der Waals surface area (Å²) >= 11 is 0. The molecule has 5 nitrogen and oxygen atoms in total. The summed E-state index contributed by atoms with van der Waals surface area (Å²) in [5.74, 6) is -0.838. The van der Waals surface area contributed by atoms with Gasteiger partial charge in [-0.15, -0.1) is 0 Å². The number of benzene rings is 2. The Kier molecular flexibility index (Phi) is 5.81. The topological polar surface area (TPSA) is 68.3 Å². The summed E-state index contributed by atoms with van der Waals surface area (Å²) in [5, 5.41) is 3.49. The lowest BCUT2D eigenvalue weighted by Crippen LogP contribution is -2.28. The first kappa shape index (κ1) is 18.6. The van der Waals surface area contributed by atoms with Crippen molar-refractivity contribution in [2.75, 3.05) is 6.61 Å². The molecule has 1 N–H and O–H groups in total. The second-order valence-corrected chi connectivity index (χ2v) is 6.27. The average molecular weight is 362 g/mol. The van der Waals surface area contributed by atoms with Crippen LogP contribution in [0.3, 0.4) is 0 Å². The summed E-state index contributed by atoms with van der Waals surface area (Å²) in [6.07, 6.45) is 0.717. The van der Waals surface area contributed by atoms with E-state index >= 15 is 0 Å². The van der Waals surface area contributed by atoms with Crippen molar-refractivity contribution in [1.29, 1.82) is 0 Å². The van der Waals surface area contributed by atoms with Crippen molar-refractivity contribution < 1.29 is 14.3 Å². The highest BCUT2D eigenvalue weighted by Gasteiger charge is 2.19. The lowest BCUT2D eigenvalue weighted by atomic mass is 10.0. The number of carbonyl (C=O) groups is 2. The number of esters is 1. The number of para-hydroxylation sites is 1. The Labute approximate surface area is 158 Å². The van der Waals surface area contributed by atoms with Gasteiger partial charge in [0, 0.05) is 17.6 Å². The molecule has 0 saturated carbocycles. The zero-order valence-electron chi connectivity index (χ0n) is 15.5. The third-order valence-electron chi connectivity index (χ3n) is 4.44. The number of carbonyl (C=O) groups excluding carboxylic acids is 2. The van der Waals surface area contributed by atoms with Gasteiger partial charge in [0.2, 0.25) is 0 Å². The summed E-state index contributed by atoms with van der Waals surface area (Å²) in [7, 11) is 0.